The summed E-state index contributed by atoms with van der Waals surface area (Å²) in [7, 11) is -3.27. The number of imidazole rings is 1. The fraction of sp³-hybridized carbons (Fsp3) is 0.662. The molecule has 1 radical (unpaired) electrons. The Bertz CT molecular complexity index is 3420. The minimum absolute atomic E-state index is 0. The number of aliphatic hydroxyl groups is 2. The number of phosphoric ester groups is 1. The molecule has 517 valence electrons. The van der Waals surface area contributed by atoms with Crippen molar-refractivity contribution in [3.63, 3.8) is 0 Å². The number of aliphatic imine (C=N–C) groups is 4. The second kappa shape index (κ2) is 30.5. The van der Waals surface area contributed by atoms with E-state index in [2.05, 4.69) is 48.3 Å². The van der Waals surface area contributed by atoms with Crippen molar-refractivity contribution in [3.8, 4) is 0 Å². The monoisotopic (exact) mass is 1360 g/mol. The van der Waals surface area contributed by atoms with Crippen LogP contribution in [0.1, 0.15) is 158 Å². The molecule has 6 aliphatic heterocycles. The number of amides is 5. The smallest absolute Gasteiger partial charge is 0.472 e. The van der Waals surface area contributed by atoms with E-state index in [0.717, 1.165) is 17.5 Å². The first-order valence-electron chi connectivity index (χ1n) is 31.9. The number of benzene rings is 1. The third-order valence-corrected chi connectivity index (χ3v) is 22.0. The Morgan fingerprint density at radius 2 is 1.58 bits per heavy atom. The third-order valence-electron chi connectivity index (χ3n) is 20.8. The largest absolute Gasteiger partial charge is 0.664 e. The third kappa shape index (κ3) is 15.2. The number of primary amides is 3. The van der Waals surface area contributed by atoms with E-state index in [1.165, 1.54) is 13.3 Å². The van der Waals surface area contributed by atoms with Crippen molar-refractivity contribution in [1.82, 2.24) is 20.2 Å². The first-order chi connectivity index (χ1) is 43.2. The van der Waals surface area contributed by atoms with Gasteiger partial charge < -0.3 is 67.4 Å². The summed E-state index contributed by atoms with van der Waals surface area (Å²) in [6.45, 7) is 24.7. The van der Waals surface area contributed by atoms with Crippen LogP contribution in [0.25, 0.3) is 16.4 Å². The number of hydrogen-bond donors (Lipinski definition) is 9. The van der Waals surface area contributed by atoms with E-state index in [1.54, 1.807) is 17.8 Å². The van der Waals surface area contributed by atoms with Crippen molar-refractivity contribution in [2.24, 2.45) is 88.4 Å². The molecule has 13 N–H and O–H groups in total. The number of nitrogens with two attached hydrogens (primary N) is 4. The zero-order valence-corrected chi connectivity index (χ0v) is 58.2. The van der Waals surface area contributed by atoms with Gasteiger partial charge >= 0.3 is 7.82 Å². The average molecular weight is 1360 g/mol. The number of hydrogen-bond acceptors (Lipinski definition) is 18. The molecule has 2 fully saturated rings. The SMILES string of the molecule is CC=NC.CCC[C@@H]1C2=CC3=NC(=C(C)C4=N[C@H]([C@H](CNC=O)[C@@]4(C)CCC(=O)NC[C@@H](C)OP(=O)(O)O[C@@H]4[C@@H](CO)OC(n5cnc6cc(C)c(C)cc65)[C@@H]4O)[C@]4(C)N=C(C(C)=C([N-]2)[C@@]1(C)CC(N)=O)[C@@H](CCC(N)=O)[C@]4(C)CCON)[C@@H](CCC(N)=O)C3(C)C.[Co]. The molecule has 2 aromatic rings. The van der Waals surface area contributed by atoms with Gasteiger partial charge in [-0.2, -0.15) is 5.70 Å². The van der Waals surface area contributed by atoms with Gasteiger partial charge in [-0.3, -0.25) is 48.0 Å². The predicted molar refractivity (Wildman–Crippen MR) is 352 cm³/mol. The zero-order chi connectivity index (χ0) is 68.2. The minimum Gasteiger partial charge on any atom is -0.664 e. The second-order valence-corrected chi connectivity index (χ2v) is 28.5. The Morgan fingerprint density at radius 1 is 0.935 bits per heavy atom. The molecule has 7 heterocycles. The molecular formula is C65H99CoN13O13P-. The van der Waals surface area contributed by atoms with E-state index < -0.39 is 120 Å². The Kier molecular flexibility index (Phi) is 25.0. The normalized spacial score (nSPS) is 31.2. The van der Waals surface area contributed by atoms with Crippen molar-refractivity contribution < 1.29 is 79.0 Å². The van der Waals surface area contributed by atoms with Crippen LogP contribution in [0.15, 0.2) is 72.7 Å². The Labute approximate surface area is 556 Å². The number of ether oxygens (including phenoxy) is 1. The first kappa shape index (κ1) is 76.2. The summed E-state index contributed by atoms with van der Waals surface area (Å²) in [4.78, 5) is 108. The molecular weight excluding hydrogens is 1260 g/mol. The van der Waals surface area contributed by atoms with Gasteiger partial charge in [0.2, 0.25) is 30.0 Å². The van der Waals surface area contributed by atoms with Crippen LogP contribution in [-0.2, 0) is 63.9 Å². The van der Waals surface area contributed by atoms with Crippen LogP contribution in [0.4, 0.5) is 0 Å². The van der Waals surface area contributed by atoms with E-state index >= 15 is 0 Å². The predicted octanol–water partition coefficient (Wildman–Crippen LogP) is 6.46. The minimum atomic E-state index is -5.02. The Balaban J connectivity index is 0.00000266. The summed E-state index contributed by atoms with van der Waals surface area (Å²) in [5.74, 6) is 2.12. The molecule has 2 unspecified atom stereocenters. The van der Waals surface area contributed by atoms with Crippen LogP contribution >= 0.6 is 7.82 Å². The second-order valence-electron chi connectivity index (χ2n) is 27.1. The van der Waals surface area contributed by atoms with E-state index in [1.807, 2.05) is 73.6 Å². The molecule has 15 atom stereocenters. The van der Waals surface area contributed by atoms with Crippen LogP contribution < -0.4 is 33.7 Å². The molecule has 26 nitrogen and oxygen atoms in total. The molecule has 6 aliphatic rings. The maximum absolute atomic E-state index is 14.4. The van der Waals surface area contributed by atoms with Gasteiger partial charge in [0.15, 0.2) is 6.23 Å². The van der Waals surface area contributed by atoms with Crippen LogP contribution in [0, 0.1) is 59.2 Å². The molecule has 28 heteroatoms. The van der Waals surface area contributed by atoms with E-state index in [4.69, 9.17) is 62.0 Å². The van der Waals surface area contributed by atoms with Gasteiger partial charge in [0.05, 0.1) is 48.3 Å². The topological polar surface area (TPSA) is 410 Å². The molecule has 0 saturated carbocycles. The van der Waals surface area contributed by atoms with Crippen molar-refractivity contribution in [3.05, 3.63) is 69.2 Å². The van der Waals surface area contributed by atoms with Gasteiger partial charge in [-0.05, 0) is 133 Å². The molecule has 2 saturated heterocycles. The van der Waals surface area contributed by atoms with E-state index in [0.29, 0.717) is 82.1 Å². The van der Waals surface area contributed by atoms with Crippen LogP contribution in [-0.4, -0.2) is 147 Å². The van der Waals surface area contributed by atoms with Crippen molar-refractivity contribution in [1.29, 1.82) is 0 Å². The number of rotatable bonds is 27. The first-order valence-corrected chi connectivity index (χ1v) is 33.4. The number of nitrogens with zero attached hydrogens (tertiary/aromatic N) is 7. The summed E-state index contributed by atoms with van der Waals surface area (Å²) in [6, 6.07) is 3.00. The molecule has 1 aromatic heterocycles. The molecule has 0 spiro atoms. The van der Waals surface area contributed by atoms with E-state index in [-0.39, 0.29) is 80.9 Å². The van der Waals surface area contributed by atoms with Crippen molar-refractivity contribution >= 4 is 72.2 Å². The summed E-state index contributed by atoms with van der Waals surface area (Å²) in [5.41, 5.74) is 21.7. The molecule has 93 heavy (non-hydrogen) atoms. The summed E-state index contributed by atoms with van der Waals surface area (Å²) in [5, 5.41) is 33.1. The zero-order valence-electron chi connectivity index (χ0n) is 56.3. The van der Waals surface area contributed by atoms with Gasteiger partial charge in [0.25, 0.3) is 0 Å². The van der Waals surface area contributed by atoms with Gasteiger partial charge in [-0.15, -0.1) is 5.70 Å². The fourth-order valence-electron chi connectivity index (χ4n) is 15.3. The van der Waals surface area contributed by atoms with Crippen LogP contribution in [0.2, 0.25) is 0 Å². The van der Waals surface area contributed by atoms with Gasteiger partial charge in [0.1, 0.15) is 18.3 Å². The number of phosphoric acid groups is 1. The molecule has 1 aromatic carbocycles. The molecule has 0 aliphatic carbocycles. The number of carbonyl (C=O) groups is 5. The van der Waals surface area contributed by atoms with Gasteiger partial charge in [-0.1, -0.05) is 54.0 Å². The summed E-state index contributed by atoms with van der Waals surface area (Å²) < 4.78 is 32.4. The molecule has 8 bridgehead atoms. The van der Waals surface area contributed by atoms with Crippen LogP contribution in [0.5, 0.6) is 0 Å². The number of fused-ring (bicyclic) bond motifs is 7. The number of carbonyl (C=O) groups excluding carboxylic acids is 5. The standard InChI is InChI=1S/C62H93N12O13P.C3H7N.Co/c1-13-14-37-41-25-45-58(7,8)38(15-17-46(63)77)50(71-45)35(5)54-59(9,20-19-49(80)68-27-34(4)86-88(82,83)87-53-44(29-75)85-57(52(53)81)74-30-69-42-23-32(2)33(3)24-43(42)74)40(28-67-31-76)56(72-54)62(12)61(11,21-22-84-66)39(16-18-47(64)78)51(73-62)36(6)55(70-41)60(37,10)26-48(65)79;1-3-4-2;/h23-25,30-31,34,37-40,44,52-53,56-57,75,81H,13-22,26-29,66H2,1-12H3,(H10,63,64,65,67,68,70,71,72,73,76,77,78,79,80,82,83);3H,1-2H3;/p-1/t34-,37-,38-,39-,40+,44-,52-,53-,56-,57?,59-,60+,61+,62+;;/m1../s1. The maximum Gasteiger partial charge on any atom is 0.472 e. The number of aromatic nitrogens is 2. The number of aliphatic hydroxyl groups excluding tert-OH is 2. The van der Waals surface area contributed by atoms with Crippen molar-refractivity contribution in [2.75, 3.05) is 33.4 Å². The maximum atomic E-state index is 14.4. The number of nitrogens with one attached hydrogen (secondary N) is 2. The average Bonchev–Trinajstić information content (AvgIpc) is 1.54. The van der Waals surface area contributed by atoms with Crippen LogP contribution in [0.3, 0.4) is 0 Å². The van der Waals surface area contributed by atoms with Crippen molar-refractivity contribution in [2.45, 2.75) is 196 Å². The summed E-state index contributed by atoms with van der Waals surface area (Å²) in [6.07, 6.45) is 1.64. The van der Waals surface area contributed by atoms with Gasteiger partial charge in [0, 0.05) is 119 Å². The number of allylic oxidation sites excluding steroid dienone is 6. The van der Waals surface area contributed by atoms with E-state index in [9.17, 15) is 43.6 Å². The Morgan fingerprint density at radius 3 is 2.17 bits per heavy atom. The Hall–Kier alpha value is -5.84. The molecule has 8 rings (SSSR count). The molecule has 5 amide bonds. The quantitative estimate of drug-likeness (QED) is 0.0200. The van der Waals surface area contributed by atoms with Gasteiger partial charge in [-0.25, -0.2) is 15.4 Å². The summed E-state index contributed by atoms with van der Waals surface area (Å²) >= 11 is 0. The fourth-order valence-corrected chi connectivity index (χ4v) is 16.5. The number of aryl methyl sites for hydroxylation is 2.